The van der Waals surface area contributed by atoms with Crippen LogP contribution < -0.4 is 19.1 Å². The highest BCUT2D eigenvalue weighted by Crippen LogP contribution is 2.32. The molecule has 1 aliphatic heterocycles. The van der Waals surface area contributed by atoms with Gasteiger partial charge in [0.1, 0.15) is 23.8 Å². The standard InChI is InChI=1S/C31H39N5O5/c1-22(2)14-15-36(31(38)23-6-8-24(39-3)9-7-23)21-30(37)35-18-16-34(17-19-35)29-13-12-27(32-33-29)26-11-10-25(40-4)20-28(26)41-5/h6-13,20,22H,14-19,21H2,1-5H3. The van der Waals surface area contributed by atoms with Gasteiger partial charge in [0, 0.05) is 49.9 Å². The Morgan fingerprint density at radius 3 is 2.12 bits per heavy atom. The highest BCUT2D eigenvalue weighted by Gasteiger charge is 2.26. The fraction of sp³-hybridized carbons (Fsp3) is 0.419. The number of rotatable bonds is 11. The SMILES string of the molecule is COc1ccc(C(=O)N(CCC(C)C)CC(=O)N2CCN(c3ccc(-c4ccc(OC)cc4OC)nn3)CC2)cc1. The van der Waals surface area contributed by atoms with Crippen LogP contribution in [0.15, 0.2) is 54.6 Å². The van der Waals surface area contributed by atoms with Crippen LogP contribution in [-0.2, 0) is 4.79 Å². The Morgan fingerprint density at radius 2 is 1.54 bits per heavy atom. The van der Waals surface area contributed by atoms with E-state index < -0.39 is 0 Å². The van der Waals surface area contributed by atoms with Crippen LogP contribution in [0.1, 0.15) is 30.6 Å². The molecule has 0 aliphatic carbocycles. The molecule has 1 aliphatic rings. The molecule has 10 nitrogen and oxygen atoms in total. The van der Waals surface area contributed by atoms with Crippen molar-refractivity contribution < 1.29 is 23.8 Å². The molecular formula is C31H39N5O5. The van der Waals surface area contributed by atoms with Crippen molar-refractivity contribution in [1.29, 1.82) is 0 Å². The zero-order valence-corrected chi connectivity index (χ0v) is 24.5. The normalized spacial score (nSPS) is 13.2. The lowest BCUT2D eigenvalue weighted by Crippen LogP contribution is -2.52. The van der Waals surface area contributed by atoms with Crippen molar-refractivity contribution in [3.05, 3.63) is 60.2 Å². The molecular weight excluding hydrogens is 522 g/mol. The summed E-state index contributed by atoms with van der Waals surface area (Å²) >= 11 is 0. The van der Waals surface area contributed by atoms with Crippen LogP contribution in [-0.4, -0.2) is 92.4 Å². The Bertz CT molecular complexity index is 1310. The highest BCUT2D eigenvalue weighted by molar-refractivity contribution is 5.96. The number of aromatic nitrogens is 2. The first kappa shape index (κ1) is 29.6. The van der Waals surface area contributed by atoms with E-state index in [1.165, 1.54) is 0 Å². The lowest BCUT2D eigenvalue weighted by molar-refractivity contribution is -0.132. The van der Waals surface area contributed by atoms with Crippen LogP contribution in [0.2, 0.25) is 0 Å². The molecule has 10 heteroatoms. The third kappa shape index (κ3) is 7.45. The minimum Gasteiger partial charge on any atom is -0.497 e. The quantitative estimate of drug-likeness (QED) is 0.347. The summed E-state index contributed by atoms with van der Waals surface area (Å²) in [6.07, 6.45) is 0.819. The Morgan fingerprint density at radius 1 is 0.854 bits per heavy atom. The van der Waals surface area contributed by atoms with E-state index in [1.807, 2.05) is 35.2 Å². The zero-order valence-electron chi connectivity index (χ0n) is 24.5. The van der Waals surface area contributed by atoms with Crippen LogP contribution >= 0.6 is 0 Å². The van der Waals surface area contributed by atoms with Crippen molar-refractivity contribution in [3.63, 3.8) is 0 Å². The minimum absolute atomic E-state index is 0.0514. The molecule has 4 rings (SSSR count). The van der Waals surface area contributed by atoms with Gasteiger partial charge in [-0.1, -0.05) is 13.8 Å². The average molecular weight is 562 g/mol. The average Bonchev–Trinajstić information content (AvgIpc) is 3.02. The molecule has 2 amide bonds. The Balaban J connectivity index is 1.37. The van der Waals surface area contributed by atoms with Gasteiger partial charge in [-0.25, -0.2) is 0 Å². The van der Waals surface area contributed by atoms with Gasteiger partial charge < -0.3 is 28.9 Å². The van der Waals surface area contributed by atoms with Gasteiger partial charge in [0.15, 0.2) is 5.82 Å². The van der Waals surface area contributed by atoms with E-state index in [-0.39, 0.29) is 18.4 Å². The van der Waals surface area contributed by atoms with E-state index in [0.717, 1.165) is 17.8 Å². The van der Waals surface area contributed by atoms with Gasteiger partial charge in [-0.2, -0.15) is 0 Å². The molecule has 3 aromatic rings. The third-order valence-electron chi connectivity index (χ3n) is 7.22. The van der Waals surface area contributed by atoms with Gasteiger partial charge in [0.05, 0.1) is 27.0 Å². The van der Waals surface area contributed by atoms with Gasteiger partial charge in [0.25, 0.3) is 5.91 Å². The first-order valence-corrected chi connectivity index (χ1v) is 13.8. The summed E-state index contributed by atoms with van der Waals surface area (Å²) in [5, 5.41) is 8.88. The molecule has 0 spiro atoms. The maximum Gasteiger partial charge on any atom is 0.254 e. The second-order valence-electron chi connectivity index (χ2n) is 10.3. The minimum atomic E-state index is -0.149. The molecule has 2 aromatic carbocycles. The summed E-state index contributed by atoms with van der Waals surface area (Å²) in [4.78, 5) is 32.2. The number of carbonyl (C=O) groups is 2. The number of amides is 2. The maximum absolute atomic E-state index is 13.3. The second kappa shape index (κ2) is 13.8. The molecule has 1 aromatic heterocycles. The molecule has 41 heavy (non-hydrogen) atoms. The van der Waals surface area contributed by atoms with Crippen molar-refractivity contribution in [2.45, 2.75) is 20.3 Å². The fourth-order valence-corrected chi connectivity index (χ4v) is 4.68. The van der Waals surface area contributed by atoms with E-state index in [9.17, 15) is 9.59 Å². The number of anilines is 1. The summed E-state index contributed by atoms with van der Waals surface area (Å²) in [5.41, 5.74) is 2.07. The predicted molar refractivity (Wildman–Crippen MR) is 158 cm³/mol. The first-order valence-electron chi connectivity index (χ1n) is 13.8. The van der Waals surface area contributed by atoms with Crippen molar-refractivity contribution >= 4 is 17.6 Å². The lowest BCUT2D eigenvalue weighted by atomic mass is 10.1. The Hall–Kier alpha value is -4.34. The fourth-order valence-electron chi connectivity index (χ4n) is 4.68. The molecule has 0 saturated carbocycles. The van der Waals surface area contributed by atoms with Gasteiger partial charge >= 0.3 is 0 Å². The first-order chi connectivity index (χ1) is 19.8. The molecule has 2 heterocycles. The number of nitrogens with zero attached hydrogens (tertiary/aromatic N) is 5. The molecule has 0 unspecified atom stereocenters. The number of hydrogen-bond acceptors (Lipinski definition) is 8. The largest absolute Gasteiger partial charge is 0.497 e. The van der Waals surface area contributed by atoms with Crippen LogP contribution in [0.5, 0.6) is 17.2 Å². The zero-order chi connectivity index (χ0) is 29.4. The summed E-state index contributed by atoms with van der Waals surface area (Å²) in [7, 11) is 4.81. The van der Waals surface area contributed by atoms with Crippen LogP contribution in [0.3, 0.4) is 0 Å². The van der Waals surface area contributed by atoms with Gasteiger partial charge in [0.2, 0.25) is 5.91 Å². The number of methoxy groups -OCH3 is 3. The van der Waals surface area contributed by atoms with Crippen molar-refractivity contribution in [2.24, 2.45) is 5.92 Å². The summed E-state index contributed by atoms with van der Waals surface area (Å²) in [6, 6.07) is 16.4. The predicted octanol–water partition coefficient (Wildman–Crippen LogP) is 4.01. The van der Waals surface area contributed by atoms with E-state index in [2.05, 4.69) is 28.9 Å². The van der Waals surface area contributed by atoms with Crippen molar-refractivity contribution in [2.75, 3.05) is 65.5 Å². The van der Waals surface area contributed by atoms with E-state index in [4.69, 9.17) is 14.2 Å². The monoisotopic (exact) mass is 561 g/mol. The topological polar surface area (TPSA) is 97.3 Å². The summed E-state index contributed by atoms with van der Waals surface area (Å²) < 4.78 is 16.0. The van der Waals surface area contributed by atoms with Gasteiger partial charge in [-0.05, 0) is 60.9 Å². The molecule has 0 radical (unpaired) electrons. The molecule has 1 saturated heterocycles. The van der Waals surface area contributed by atoms with Crippen molar-refractivity contribution in [3.8, 4) is 28.5 Å². The third-order valence-corrected chi connectivity index (χ3v) is 7.22. The van der Waals surface area contributed by atoms with E-state index in [0.29, 0.717) is 67.1 Å². The molecule has 218 valence electrons. The lowest BCUT2D eigenvalue weighted by Gasteiger charge is -2.36. The van der Waals surface area contributed by atoms with E-state index in [1.54, 1.807) is 50.5 Å². The highest BCUT2D eigenvalue weighted by atomic mass is 16.5. The molecule has 1 fully saturated rings. The smallest absolute Gasteiger partial charge is 0.254 e. The van der Waals surface area contributed by atoms with Gasteiger partial charge in [-0.3, -0.25) is 9.59 Å². The molecule has 0 atom stereocenters. The second-order valence-corrected chi connectivity index (χ2v) is 10.3. The van der Waals surface area contributed by atoms with Crippen molar-refractivity contribution in [1.82, 2.24) is 20.0 Å². The number of hydrogen-bond donors (Lipinski definition) is 0. The van der Waals surface area contributed by atoms with Crippen LogP contribution in [0.25, 0.3) is 11.3 Å². The molecule has 0 bridgehead atoms. The number of piperazine rings is 1. The number of ether oxygens (including phenoxy) is 3. The summed E-state index contributed by atoms with van der Waals surface area (Å²) in [5.74, 6) is 3.01. The Labute approximate surface area is 241 Å². The number of benzene rings is 2. The van der Waals surface area contributed by atoms with Crippen LogP contribution in [0.4, 0.5) is 5.82 Å². The van der Waals surface area contributed by atoms with E-state index >= 15 is 0 Å². The number of carbonyl (C=O) groups excluding carboxylic acids is 2. The maximum atomic E-state index is 13.3. The van der Waals surface area contributed by atoms with Crippen LogP contribution in [0, 0.1) is 5.92 Å². The Kier molecular flexibility index (Phi) is 10.00. The summed E-state index contributed by atoms with van der Waals surface area (Å²) in [6.45, 7) is 7.14. The molecule has 0 N–H and O–H groups in total. The van der Waals surface area contributed by atoms with Gasteiger partial charge in [-0.15, -0.1) is 10.2 Å².